The Hall–Kier alpha value is -1.47. The maximum atomic E-state index is 11.0. The van der Waals surface area contributed by atoms with Crippen LogP contribution in [0.3, 0.4) is 0 Å². The summed E-state index contributed by atoms with van der Waals surface area (Å²) in [7, 11) is 0. The minimum Gasteiger partial charge on any atom is -0.258 e. The number of rotatable bonds is 4. The van der Waals surface area contributed by atoms with Crippen LogP contribution in [0.4, 0.5) is 5.69 Å². The van der Waals surface area contributed by atoms with E-state index in [0.29, 0.717) is 22.3 Å². The Bertz CT molecular complexity index is 616. The summed E-state index contributed by atoms with van der Waals surface area (Å²) in [6.07, 6.45) is 2.32. The van der Waals surface area contributed by atoms with Crippen LogP contribution in [-0.4, -0.2) is 19.9 Å². The molecule has 0 radical (unpaired) electrons. The van der Waals surface area contributed by atoms with Gasteiger partial charge in [-0.2, -0.15) is 0 Å². The summed E-state index contributed by atoms with van der Waals surface area (Å²) < 4.78 is 2.00. The summed E-state index contributed by atoms with van der Waals surface area (Å²) in [4.78, 5) is 10.6. The van der Waals surface area contributed by atoms with Gasteiger partial charge in [0.2, 0.25) is 0 Å². The van der Waals surface area contributed by atoms with Gasteiger partial charge in [-0.25, -0.2) is 4.68 Å². The number of hydrogen-bond acceptors (Lipinski definition) is 4. The zero-order chi connectivity index (χ0) is 14.0. The van der Waals surface area contributed by atoms with Crippen LogP contribution in [0.5, 0.6) is 0 Å². The summed E-state index contributed by atoms with van der Waals surface area (Å²) in [6.45, 7) is 1.93. The smallest absolute Gasteiger partial charge is 0.258 e. The van der Waals surface area contributed by atoms with E-state index >= 15 is 0 Å². The van der Waals surface area contributed by atoms with Gasteiger partial charge in [-0.1, -0.05) is 28.1 Å². The van der Waals surface area contributed by atoms with E-state index in [1.165, 1.54) is 10.7 Å². The van der Waals surface area contributed by atoms with E-state index in [4.69, 9.17) is 11.6 Å². The van der Waals surface area contributed by atoms with E-state index in [1.807, 2.05) is 6.92 Å². The molecule has 1 atom stereocenters. The summed E-state index contributed by atoms with van der Waals surface area (Å²) in [5, 5.41) is 18.6. The van der Waals surface area contributed by atoms with E-state index in [9.17, 15) is 10.1 Å². The Labute approximate surface area is 122 Å². The normalized spacial score (nSPS) is 12.4. The van der Waals surface area contributed by atoms with E-state index in [-0.39, 0.29) is 11.1 Å². The molecule has 0 spiro atoms. The molecule has 6 nitrogen and oxygen atoms in total. The molecular weight excluding hydrogens is 336 g/mol. The predicted molar refractivity (Wildman–Crippen MR) is 74.6 cm³/mol. The monoisotopic (exact) mass is 344 g/mol. The van der Waals surface area contributed by atoms with Crippen LogP contribution in [0.25, 0.3) is 5.69 Å². The van der Waals surface area contributed by atoms with Gasteiger partial charge in [0, 0.05) is 10.5 Å². The Morgan fingerprint density at radius 3 is 2.95 bits per heavy atom. The SMILES string of the molecule is CCC(Cl)c1cn(-c2ccc(Br)cc2[N+](=O)[O-])nn1. The molecule has 0 saturated carbocycles. The molecule has 0 fully saturated rings. The molecule has 0 amide bonds. The molecule has 2 aromatic rings. The number of hydrogen-bond donors (Lipinski definition) is 0. The van der Waals surface area contributed by atoms with Gasteiger partial charge in [0.1, 0.15) is 11.4 Å². The molecule has 0 aliphatic carbocycles. The third kappa shape index (κ3) is 2.93. The van der Waals surface area contributed by atoms with Crippen molar-refractivity contribution >= 4 is 33.2 Å². The molecule has 0 aliphatic heterocycles. The topological polar surface area (TPSA) is 73.8 Å². The lowest BCUT2D eigenvalue weighted by Gasteiger charge is -2.02. The average molecular weight is 346 g/mol. The lowest BCUT2D eigenvalue weighted by Crippen LogP contribution is -2.00. The lowest BCUT2D eigenvalue weighted by molar-refractivity contribution is -0.384. The first-order valence-corrected chi connectivity index (χ1v) is 6.76. The van der Waals surface area contributed by atoms with Crippen LogP contribution in [0.15, 0.2) is 28.9 Å². The zero-order valence-electron chi connectivity index (χ0n) is 9.96. The van der Waals surface area contributed by atoms with Crippen LogP contribution >= 0.6 is 27.5 Å². The summed E-state index contributed by atoms with van der Waals surface area (Å²) in [5.74, 6) is 0. The number of aromatic nitrogens is 3. The number of alkyl halides is 1. The van der Waals surface area contributed by atoms with Crippen molar-refractivity contribution in [2.45, 2.75) is 18.7 Å². The van der Waals surface area contributed by atoms with Crippen LogP contribution in [-0.2, 0) is 0 Å². The van der Waals surface area contributed by atoms with Crippen molar-refractivity contribution in [3.8, 4) is 5.69 Å². The van der Waals surface area contributed by atoms with Gasteiger partial charge in [0.25, 0.3) is 5.69 Å². The second kappa shape index (κ2) is 5.66. The van der Waals surface area contributed by atoms with Crippen molar-refractivity contribution < 1.29 is 4.92 Å². The highest BCUT2D eigenvalue weighted by molar-refractivity contribution is 9.10. The molecular formula is C11H10BrClN4O2. The third-order valence-electron chi connectivity index (χ3n) is 2.57. The first-order valence-electron chi connectivity index (χ1n) is 5.53. The fourth-order valence-electron chi connectivity index (χ4n) is 1.58. The zero-order valence-corrected chi connectivity index (χ0v) is 12.3. The Morgan fingerprint density at radius 1 is 1.58 bits per heavy atom. The van der Waals surface area contributed by atoms with Crippen molar-refractivity contribution in [2.24, 2.45) is 0 Å². The van der Waals surface area contributed by atoms with E-state index in [0.717, 1.165) is 0 Å². The second-order valence-corrected chi connectivity index (χ2v) is 5.30. The largest absolute Gasteiger partial charge is 0.296 e. The molecule has 0 N–H and O–H groups in total. The molecule has 8 heteroatoms. The van der Waals surface area contributed by atoms with Crippen LogP contribution in [0.2, 0.25) is 0 Å². The predicted octanol–water partition coefficient (Wildman–Crippen LogP) is 3.63. The third-order valence-corrected chi connectivity index (χ3v) is 3.60. The Balaban J connectivity index is 2.47. The number of nitro benzene ring substituents is 1. The van der Waals surface area contributed by atoms with Gasteiger partial charge in [-0.3, -0.25) is 10.1 Å². The molecule has 2 rings (SSSR count). The van der Waals surface area contributed by atoms with Crippen molar-refractivity contribution in [1.82, 2.24) is 15.0 Å². The highest BCUT2D eigenvalue weighted by atomic mass is 79.9. The molecule has 0 saturated heterocycles. The number of benzene rings is 1. The van der Waals surface area contributed by atoms with Crippen LogP contribution in [0, 0.1) is 10.1 Å². The average Bonchev–Trinajstić information content (AvgIpc) is 2.87. The van der Waals surface area contributed by atoms with Crippen molar-refractivity contribution in [1.29, 1.82) is 0 Å². The summed E-state index contributed by atoms with van der Waals surface area (Å²) in [5.41, 5.74) is 0.904. The summed E-state index contributed by atoms with van der Waals surface area (Å²) >= 11 is 9.27. The molecule has 0 aliphatic rings. The lowest BCUT2D eigenvalue weighted by atomic mass is 10.2. The minimum atomic E-state index is -0.459. The second-order valence-electron chi connectivity index (χ2n) is 3.85. The Kier molecular flexibility index (Phi) is 4.16. The van der Waals surface area contributed by atoms with E-state index in [1.54, 1.807) is 18.3 Å². The molecule has 1 unspecified atom stereocenters. The van der Waals surface area contributed by atoms with Gasteiger partial charge in [-0.05, 0) is 18.6 Å². The van der Waals surface area contributed by atoms with Gasteiger partial charge in [-0.15, -0.1) is 16.7 Å². The maximum absolute atomic E-state index is 11.0. The van der Waals surface area contributed by atoms with Gasteiger partial charge in [0.05, 0.1) is 16.5 Å². The van der Waals surface area contributed by atoms with Crippen molar-refractivity contribution in [3.63, 3.8) is 0 Å². The van der Waals surface area contributed by atoms with Crippen LogP contribution < -0.4 is 0 Å². The number of nitrogens with zero attached hydrogens (tertiary/aromatic N) is 4. The fourth-order valence-corrected chi connectivity index (χ4v) is 2.03. The van der Waals surface area contributed by atoms with E-state index in [2.05, 4.69) is 26.2 Å². The molecule has 1 heterocycles. The van der Waals surface area contributed by atoms with Gasteiger partial charge in [0.15, 0.2) is 0 Å². The van der Waals surface area contributed by atoms with Gasteiger partial charge < -0.3 is 0 Å². The molecule has 0 bridgehead atoms. The first kappa shape index (κ1) is 14.0. The maximum Gasteiger partial charge on any atom is 0.296 e. The molecule has 1 aromatic carbocycles. The minimum absolute atomic E-state index is 0.0477. The number of nitro groups is 1. The molecule has 100 valence electrons. The van der Waals surface area contributed by atoms with Crippen molar-refractivity contribution in [3.05, 3.63) is 44.7 Å². The van der Waals surface area contributed by atoms with Crippen molar-refractivity contribution in [2.75, 3.05) is 0 Å². The first-order chi connectivity index (χ1) is 9.02. The number of halogens is 2. The molecule has 1 aromatic heterocycles. The standard InChI is InChI=1S/C11H10BrClN4O2/c1-2-8(13)9-6-16(15-14-9)10-4-3-7(12)5-11(10)17(18)19/h3-6,8H,2H2,1H3. The quantitative estimate of drug-likeness (QED) is 0.482. The van der Waals surface area contributed by atoms with Crippen LogP contribution in [0.1, 0.15) is 24.4 Å². The Morgan fingerprint density at radius 2 is 2.32 bits per heavy atom. The fraction of sp³-hybridized carbons (Fsp3) is 0.273. The highest BCUT2D eigenvalue weighted by Gasteiger charge is 2.18. The van der Waals surface area contributed by atoms with E-state index < -0.39 is 4.92 Å². The summed E-state index contributed by atoms with van der Waals surface area (Å²) in [6, 6.07) is 4.74. The molecule has 19 heavy (non-hydrogen) atoms. The van der Waals surface area contributed by atoms with Gasteiger partial charge >= 0.3 is 0 Å². The highest BCUT2D eigenvalue weighted by Crippen LogP contribution is 2.28.